The van der Waals surface area contributed by atoms with E-state index in [-0.39, 0.29) is 0 Å². The Bertz CT molecular complexity index is 348. The first kappa shape index (κ1) is 13.7. The second-order valence-corrected chi connectivity index (χ2v) is 4.95. The van der Waals surface area contributed by atoms with Crippen LogP contribution in [0.1, 0.15) is 51.0 Å². The van der Waals surface area contributed by atoms with Crippen molar-refractivity contribution in [2.24, 2.45) is 0 Å². The number of anilines is 1. The first-order valence-corrected chi connectivity index (χ1v) is 6.99. The number of hydrogen-bond donors (Lipinski definition) is 1. The van der Waals surface area contributed by atoms with Crippen LogP contribution in [0.25, 0.3) is 0 Å². The molecule has 1 aromatic rings. The summed E-state index contributed by atoms with van der Waals surface area (Å²) < 4.78 is 1.13. The van der Waals surface area contributed by atoms with Gasteiger partial charge in [0.1, 0.15) is 11.6 Å². The fraction of sp³-hybridized carbons (Fsp3) is 0.667. The molecule has 4 heteroatoms. The molecule has 0 unspecified atom stereocenters. The van der Waals surface area contributed by atoms with E-state index in [0.29, 0.717) is 5.92 Å². The first-order valence-electron chi connectivity index (χ1n) is 5.91. The van der Waals surface area contributed by atoms with Gasteiger partial charge >= 0.3 is 0 Å². The van der Waals surface area contributed by atoms with E-state index in [2.05, 4.69) is 65.6 Å². The Morgan fingerprint density at radius 2 is 1.81 bits per heavy atom. The van der Waals surface area contributed by atoms with Gasteiger partial charge in [-0.2, -0.15) is 0 Å². The SMILES string of the molecule is CCNc1nc(C(CC)CC)nc(C)c1I. The van der Waals surface area contributed by atoms with Crippen LogP contribution in [0.3, 0.4) is 0 Å². The molecule has 0 aromatic carbocycles. The molecule has 1 heterocycles. The molecule has 0 saturated carbocycles. The third kappa shape index (κ3) is 3.06. The maximum Gasteiger partial charge on any atom is 0.143 e. The smallest absolute Gasteiger partial charge is 0.143 e. The fourth-order valence-electron chi connectivity index (χ4n) is 1.70. The normalized spacial score (nSPS) is 10.9. The molecule has 0 radical (unpaired) electrons. The van der Waals surface area contributed by atoms with Crippen LogP contribution in [0.4, 0.5) is 5.82 Å². The minimum Gasteiger partial charge on any atom is -0.369 e. The van der Waals surface area contributed by atoms with Crippen LogP contribution in [-0.4, -0.2) is 16.5 Å². The number of hydrogen-bond acceptors (Lipinski definition) is 3. The number of aryl methyl sites for hydroxylation is 1. The number of halogens is 1. The lowest BCUT2D eigenvalue weighted by atomic mass is 10.0. The topological polar surface area (TPSA) is 37.8 Å². The van der Waals surface area contributed by atoms with E-state index < -0.39 is 0 Å². The van der Waals surface area contributed by atoms with Crippen molar-refractivity contribution < 1.29 is 0 Å². The molecule has 0 fully saturated rings. The lowest BCUT2D eigenvalue weighted by molar-refractivity contribution is 0.599. The van der Waals surface area contributed by atoms with E-state index in [1.165, 1.54) is 0 Å². The Morgan fingerprint density at radius 1 is 1.19 bits per heavy atom. The molecule has 90 valence electrons. The predicted octanol–water partition coefficient (Wildman–Crippen LogP) is 3.73. The average Bonchev–Trinajstić information content (AvgIpc) is 2.27. The number of rotatable bonds is 5. The molecule has 1 aromatic heterocycles. The van der Waals surface area contributed by atoms with Gasteiger partial charge in [-0.15, -0.1) is 0 Å². The summed E-state index contributed by atoms with van der Waals surface area (Å²) in [5.74, 6) is 2.45. The van der Waals surface area contributed by atoms with Crippen LogP contribution in [0, 0.1) is 10.5 Å². The molecule has 0 aliphatic rings. The molecule has 0 bridgehead atoms. The van der Waals surface area contributed by atoms with Crippen molar-refractivity contribution >= 4 is 28.4 Å². The Hall–Kier alpha value is -0.390. The Morgan fingerprint density at radius 3 is 2.31 bits per heavy atom. The van der Waals surface area contributed by atoms with Gasteiger partial charge in [-0.1, -0.05) is 13.8 Å². The highest BCUT2D eigenvalue weighted by Crippen LogP contribution is 2.25. The summed E-state index contributed by atoms with van der Waals surface area (Å²) in [7, 11) is 0. The minimum absolute atomic E-state index is 0.480. The summed E-state index contributed by atoms with van der Waals surface area (Å²) in [6.07, 6.45) is 2.20. The lowest BCUT2D eigenvalue weighted by Gasteiger charge is -2.15. The first-order chi connectivity index (χ1) is 7.63. The maximum absolute atomic E-state index is 4.64. The molecule has 0 amide bonds. The molecule has 0 aliphatic heterocycles. The largest absolute Gasteiger partial charge is 0.369 e. The zero-order valence-corrected chi connectivity index (χ0v) is 12.6. The number of aromatic nitrogens is 2. The summed E-state index contributed by atoms with van der Waals surface area (Å²) in [5, 5.41) is 3.30. The third-order valence-corrected chi connectivity index (χ3v) is 4.02. The lowest BCUT2D eigenvalue weighted by Crippen LogP contribution is -2.10. The van der Waals surface area contributed by atoms with Gasteiger partial charge in [0, 0.05) is 12.5 Å². The molecule has 3 nitrogen and oxygen atoms in total. The monoisotopic (exact) mass is 333 g/mol. The van der Waals surface area contributed by atoms with Crippen molar-refractivity contribution in [3.63, 3.8) is 0 Å². The van der Waals surface area contributed by atoms with E-state index in [9.17, 15) is 0 Å². The van der Waals surface area contributed by atoms with Gasteiger partial charge in [0.15, 0.2) is 0 Å². The summed E-state index contributed by atoms with van der Waals surface area (Å²) in [6, 6.07) is 0. The van der Waals surface area contributed by atoms with Gasteiger partial charge in [-0.05, 0) is 49.3 Å². The van der Waals surface area contributed by atoms with Crippen LogP contribution in [0.2, 0.25) is 0 Å². The number of nitrogens with zero attached hydrogens (tertiary/aromatic N) is 2. The Balaban J connectivity index is 3.12. The Labute approximate surface area is 112 Å². The molecular weight excluding hydrogens is 313 g/mol. The average molecular weight is 333 g/mol. The molecule has 0 spiro atoms. The minimum atomic E-state index is 0.480. The Kier molecular flexibility index (Phi) is 5.44. The summed E-state index contributed by atoms with van der Waals surface area (Å²) in [4.78, 5) is 9.23. The number of nitrogens with one attached hydrogen (secondary N) is 1. The van der Waals surface area contributed by atoms with E-state index in [4.69, 9.17) is 0 Å². The highest BCUT2D eigenvalue weighted by molar-refractivity contribution is 14.1. The van der Waals surface area contributed by atoms with Gasteiger partial charge in [-0.25, -0.2) is 9.97 Å². The standard InChI is InChI=1S/C12H20IN3/c1-5-9(6-2)11-15-8(4)10(13)12(16-11)14-7-3/h9H,5-7H2,1-4H3,(H,14,15,16). The molecule has 1 N–H and O–H groups in total. The van der Waals surface area contributed by atoms with Crippen molar-refractivity contribution in [1.29, 1.82) is 0 Å². The van der Waals surface area contributed by atoms with E-state index >= 15 is 0 Å². The quantitative estimate of drug-likeness (QED) is 0.835. The molecule has 0 atom stereocenters. The van der Waals surface area contributed by atoms with Gasteiger partial charge in [0.25, 0.3) is 0 Å². The third-order valence-electron chi connectivity index (χ3n) is 2.73. The van der Waals surface area contributed by atoms with Gasteiger partial charge in [-0.3, -0.25) is 0 Å². The summed E-state index contributed by atoms with van der Waals surface area (Å²) >= 11 is 2.30. The molecule has 0 aliphatic carbocycles. The second kappa shape index (κ2) is 6.37. The zero-order valence-electron chi connectivity index (χ0n) is 10.5. The van der Waals surface area contributed by atoms with Crippen LogP contribution in [-0.2, 0) is 0 Å². The fourth-order valence-corrected chi connectivity index (χ4v) is 2.13. The predicted molar refractivity (Wildman–Crippen MR) is 77.0 cm³/mol. The van der Waals surface area contributed by atoms with Crippen LogP contribution in [0.15, 0.2) is 0 Å². The molecule has 1 rings (SSSR count). The highest BCUT2D eigenvalue weighted by atomic mass is 127. The van der Waals surface area contributed by atoms with Crippen molar-refractivity contribution in [3.05, 3.63) is 15.1 Å². The molecule has 0 saturated heterocycles. The summed E-state index contributed by atoms with van der Waals surface area (Å²) in [6.45, 7) is 9.42. The second-order valence-electron chi connectivity index (χ2n) is 3.87. The van der Waals surface area contributed by atoms with Gasteiger partial charge in [0.05, 0.1) is 9.26 Å². The molecule has 16 heavy (non-hydrogen) atoms. The maximum atomic E-state index is 4.64. The van der Waals surface area contributed by atoms with Crippen molar-refractivity contribution in [2.45, 2.75) is 46.5 Å². The summed E-state index contributed by atoms with van der Waals surface area (Å²) in [5.41, 5.74) is 1.08. The zero-order chi connectivity index (χ0) is 12.1. The highest BCUT2D eigenvalue weighted by Gasteiger charge is 2.14. The van der Waals surface area contributed by atoms with Crippen LogP contribution >= 0.6 is 22.6 Å². The van der Waals surface area contributed by atoms with E-state index in [0.717, 1.165) is 40.3 Å². The van der Waals surface area contributed by atoms with Crippen molar-refractivity contribution in [2.75, 3.05) is 11.9 Å². The van der Waals surface area contributed by atoms with E-state index in [1.807, 2.05) is 0 Å². The van der Waals surface area contributed by atoms with Crippen molar-refractivity contribution in [1.82, 2.24) is 9.97 Å². The van der Waals surface area contributed by atoms with E-state index in [1.54, 1.807) is 0 Å². The molecular formula is C12H20IN3. The van der Waals surface area contributed by atoms with Gasteiger partial charge in [0.2, 0.25) is 0 Å². The van der Waals surface area contributed by atoms with Crippen LogP contribution < -0.4 is 5.32 Å². The van der Waals surface area contributed by atoms with Crippen molar-refractivity contribution in [3.8, 4) is 0 Å². The van der Waals surface area contributed by atoms with Gasteiger partial charge < -0.3 is 5.32 Å². The van der Waals surface area contributed by atoms with Crippen LogP contribution in [0.5, 0.6) is 0 Å².